The van der Waals surface area contributed by atoms with Crippen LogP contribution in [0.2, 0.25) is 0 Å². The Balaban J connectivity index is 1.34. The van der Waals surface area contributed by atoms with Gasteiger partial charge in [-0.3, -0.25) is 4.98 Å². The summed E-state index contributed by atoms with van der Waals surface area (Å²) in [7, 11) is -3.83. The zero-order valence-corrected chi connectivity index (χ0v) is 21.1. The highest BCUT2D eigenvalue weighted by molar-refractivity contribution is 7.89. The Bertz CT molecular complexity index is 1570. The van der Waals surface area contributed by atoms with Gasteiger partial charge in [0.25, 0.3) is 0 Å². The fourth-order valence-electron chi connectivity index (χ4n) is 4.17. The quantitative estimate of drug-likeness (QED) is 0.268. The zero-order valence-electron chi connectivity index (χ0n) is 20.3. The Labute approximate surface area is 219 Å². The van der Waals surface area contributed by atoms with Crippen molar-refractivity contribution in [2.75, 3.05) is 19.6 Å². The molecule has 0 spiro atoms. The highest BCUT2D eigenvalue weighted by atomic mass is 32.2. The van der Waals surface area contributed by atoms with E-state index in [2.05, 4.69) is 15.0 Å². The Morgan fingerprint density at radius 3 is 2.45 bits per heavy atom. The Hall–Kier alpha value is -3.78. The molecule has 6 nitrogen and oxygen atoms in total. The average Bonchev–Trinajstić information content (AvgIpc) is 2.91. The van der Waals surface area contributed by atoms with Gasteiger partial charge in [0, 0.05) is 36.3 Å². The number of aryl methyl sites for hydroxylation is 1. The molecule has 0 aliphatic heterocycles. The number of pyridine rings is 1. The van der Waals surface area contributed by atoms with Crippen LogP contribution in [-0.2, 0) is 22.6 Å². The van der Waals surface area contributed by atoms with Gasteiger partial charge in [0.05, 0.1) is 22.1 Å². The summed E-state index contributed by atoms with van der Waals surface area (Å²) < 4.78 is 68.4. The van der Waals surface area contributed by atoms with E-state index in [-0.39, 0.29) is 11.4 Å². The molecular formula is C28H25F3N4O2S. The van der Waals surface area contributed by atoms with Crippen LogP contribution in [0.5, 0.6) is 0 Å². The lowest BCUT2D eigenvalue weighted by Crippen LogP contribution is -2.32. The summed E-state index contributed by atoms with van der Waals surface area (Å²) in [6, 6.07) is 20.0. The van der Waals surface area contributed by atoms with Gasteiger partial charge in [-0.2, -0.15) is 18.4 Å². The topological polar surface area (TPSA) is 94.9 Å². The van der Waals surface area contributed by atoms with Gasteiger partial charge in [0.15, 0.2) is 0 Å². The molecule has 2 N–H and O–H groups in total. The van der Waals surface area contributed by atoms with E-state index in [9.17, 15) is 21.6 Å². The molecule has 0 unspecified atom stereocenters. The monoisotopic (exact) mass is 538 g/mol. The van der Waals surface area contributed by atoms with Gasteiger partial charge >= 0.3 is 6.18 Å². The number of sulfonamides is 1. The number of nitriles is 1. The highest BCUT2D eigenvalue weighted by Gasteiger charge is 2.33. The molecular weight excluding hydrogens is 513 g/mol. The molecule has 0 saturated carbocycles. The number of halogens is 3. The van der Waals surface area contributed by atoms with Gasteiger partial charge in [0.1, 0.15) is 0 Å². The van der Waals surface area contributed by atoms with Crippen LogP contribution < -0.4 is 10.0 Å². The molecule has 0 fully saturated rings. The number of rotatable bonds is 10. The van der Waals surface area contributed by atoms with Crippen LogP contribution in [0.4, 0.5) is 13.2 Å². The summed E-state index contributed by atoms with van der Waals surface area (Å²) in [6.07, 6.45) is -0.462. The molecule has 0 amide bonds. The summed E-state index contributed by atoms with van der Waals surface area (Å²) >= 11 is 0. The number of fused-ring (bicyclic) bond motifs is 1. The van der Waals surface area contributed by atoms with E-state index in [4.69, 9.17) is 5.26 Å². The molecule has 0 bridgehead atoms. The predicted octanol–water partition coefficient (Wildman–Crippen LogP) is 5.29. The first-order chi connectivity index (χ1) is 18.2. The Morgan fingerprint density at radius 2 is 1.71 bits per heavy atom. The van der Waals surface area contributed by atoms with E-state index in [1.165, 1.54) is 12.1 Å². The third kappa shape index (κ3) is 6.55. The van der Waals surface area contributed by atoms with Crippen molar-refractivity contribution in [2.45, 2.75) is 23.9 Å². The van der Waals surface area contributed by atoms with E-state index in [1.54, 1.807) is 30.6 Å². The number of nitrogens with one attached hydrogen (secondary N) is 2. The van der Waals surface area contributed by atoms with Crippen molar-refractivity contribution < 1.29 is 21.6 Å². The van der Waals surface area contributed by atoms with E-state index in [1.807, 2.05) is 36.4 Å². The van der Waals surface area contributed by atoms with Crippen molar-refractivity contribution >= 4 is 20.8 Å². The largest absolute Gasteiger partial charge is 0.417 e. The average molecular weight is 539 g/mol. The minimum Gasteiger partial charge on any atom is -0.315 e. The molecule has 38 heavy (non-hydrogen) atoms. The summed E-state index contributed by atoms with van der Waals surface area (Å²) in [5.41, 5.74) is 0.810. The minimum absolute atomic E-state index is 0.138. The second-order valence-corrected chi connectivity index (χ2v) is 10.4. The normalized spacial score (nSPS) is 11.9. The van der Waals surface area contributed by atoms with Gasteiger partial charge < -0.3 is 5.32 Å². The number of hydrogen-bond acceptors (Lipinski definition) is 5. The van der Waals surface area contributed by atoms with Crippen molar-refractivity contribution in [1.82, 2.24) is 15.0 Å². The third-order valence-electron chi connectivity index (χ3n) is 6.03. The van der Waals surface area contributed by atoms with Crippen molar-refractivity contribution in [1.29, 1.82) is 5.26 Å². The Morgan fingerprint density at radius 1 is 0.921 bits per heavy atom. The maximum Gasteiger partial charge on any atom is 0.417 e. The summed E-state index contributed by atoms with van der Waals surface area (Å²) in [4.78, 5) is 4.29. The van der Waals surface area contributed by atoms with Gasteiger partial charge in [-0.1, -0.05) is 36.4 Å². The number of nitrogens with zero attached hydrogens (tertiary/aromatic N) is 2. The molecule has 4 aromatic rings. The maximum atomic E-state index is 13.2. The highest BCUT2D eigenvalue weighted by Crippen LogP contribution is 2.33. The first-order valence-corrected chi connectivity index (χ1v) is 13.4. The molecule has 0 aliphatic carbocycles. The first kappa shape index (κ1) is 27.3. The zero-order chi connectivity index (χ0) is 27.2. The first-order valence-electron chi connectivity index (χ1n) is 11.9. The molecule has 3 aromatic carbocycles. The third-order valence-corrected chi connectivity index (χ3v) is 7.54. The van der Waals surface area contributed by atoms with Gasteiger partial charge in [-0.25, -0.2) is 13.1 Å². The van der Waals surface area contributed by atoms with Crippen LogP contribution in [-0.4, -0.2) is 33.0 Å². The smallest absolute Gasteiger partial charge is 0.315 e. The minimum atomic E-state index is -4.58. The van der Waals surface area contributed by atoms with Crippen molar-refractivity contribution in [2.24, 2.45) is 0 Å². The summed E-state index contributed by atoms with van der Waals surface area (Å²) in [5.74, 6) is 0. The molecule has 4 rings (SSSR count). The Kier molecular flexibility index (Phi) is 8.42. The number of benzene rings is 3. The number of aromatic nitrogens is 1. The van der Waals surface area contributed by atoms with Crippen LogP contribution in [0.25, 0.3) is 21.9 Å². The standard InChI is InChI=1S/C28H25F3N4O2S/c29-28(30,31)26-15-20(8-9-22(26)18-32)5-4-11-33-13-14-35-38(36,37)27-17-23(21-6-2-1-3-7-21)16-24-19-34-12-10-25(24)27/h1-3,6-10,12,15-17,19,33,35H,4-5,11,13-14H2. The predicted molar refractivity (Wildman–Crippen MR) is 140 cm³/mol. The number of hydrogen-bond donors (Lipinski definition) is 2. The summed E-state index contributed by atoms with van der Waals surface area (Å²) in [5, 5.41) is 13.3. The van der Waals surface area contributed by atoms with Crippen molar-refractivity contribution in [3.63, 3.8) is 0 Å². The van der Waals surface area contributed by atoms with Crippen LogP contribution in [0.1, 0.15) is 23.1 Å². The second kappa shape index (κ2) is 11.7. The molecule has 1 heterocycles. The van der Waals surface area contributed by atoms with Gasteiger partial charge in [-0.15, -0.1) is 0 Å². The van der Waals surface area contributed by atoms with Crippen LogP contribution in [0.3, 0.4) is 0 Å². The van der Waals surface area contributed by atoms with Crippen LogP contribution >= 0.6 is 0 Å². The summed E-state index contributed by atoms with van der Waals surface area (Å²) in [6.45, 7) is 0.971. The molecule has 0 atom stereocenters. The van der Waals surface area contributed by atoms with E-state index in [0.29, 0.717) is 42.3 Å². The van der Waals surface area contributed by atoms with Crippen molar-refractivity contribution in [3.05, 3.63) is 95.8 Å². The fourth-order valence-corrected chi connectivity index (χ4v) is 5.45. The second-order valence-electron chi connectivity index (χ2n) is 8.68. The van der Waals surface area contributed by atoms with Crippen molar-refractivity contribution in [3.8, 4) is 17.2 Å². The SMILES string of the molecule is N#Cc1ccc(CCCNCCNS(=O)(=O)c2cc(-c3ccccc3)cc3cnccc23)cc1C(F)(F)F. The molecule has 0 saturated heterocycles. The molecule has 1 aromatic heterocycles. The molecule has 196 valence electrons. The van der Waals surface area contributed by atoms with Gasteiger partial charge in [0.2, 0.25) is 10.0 Å². The van der Waals surface area contributed by atoms with Crippen LogP contribution in [0.15, 0.2) is 84.0 Å². The molecule has 10 heteroatoms. The van der Waals surface area contributed by atoms with E-state index in [0.717, 1.165) is 17.2 Å². The lowest BCUT2D eigenvalue weighted by atomic mass is 10.0. The van der Waals surface area contributed by atoms with E-state index >= 15 is 0 Å². The fraction of sp³-hybridized carbons (Fsp3) is 0.214. The van der Waals surface area contributed by atoms with Gasteiger partial charge in [-0.05, 0) is 66.4 Å². The molecule has 0 radical (unpaired) electrons. The lowest BCUT2D eigenvalue weighted by molar-refractivity contribution is -0.137. The maximum absolute atomic E-state index is 13.2. The number of alkyl halides is 3. The van der Waals surface area contributed by atoms with Crippen LogP contribution in [0, 0.1) is 11.3 Å². The lowest BCUT2D eigenvalue weighted by Gasteiger charge is -2.13. The molecule has 0 aliphatic rings. The van der Waals surface area contributed by atoms with E-state index < -0.39 is 27.3 Å².